The Kier molecular flexibility index (Phi) is 5.82. The van der Waals surface area contributed by atoms with Crippen molar-refractivity contribution in [1.82, 2.24) is 20.4 Å². The van der Waals surface area contributed by atoms with Gasteiger partial charge in [0.1, 0.15) is 0 Å². The van der Waals surface area contributed by atoms with Gasteiger partial charge in [0.25, 0.3) is 5.91 Å². The Bertz CT molecular complexity index is 459. The van der Waals surface area contributed by atoms with E-state index in [1.54, 1.807) is 14.0 Å². The summed E-state index contributed by atoms with van der Waals surface area (Å²) in [5.74, 6) is -0.562. The van der Waals surface area contributed by atoms with Crippen LogP contribution in [-0.2, 0) is 4.79 Å². The van der Waals surface area contributed by atoms with Crippen LogP contribution in [-0.4, -0.2) is 47.0 Å². The molecule has 0 aliphatic rings. The molecule has 0 saturated carbocycles. The van der Waals surface area contributed by atoms with Crippen molar-refractivity contribution in [2.75, 3.05) is 20.1 Å². The Morgan fingerprint density at radius 3 is 2.68 bits per heavy atom. The summed E-state index contributed by atoms with van der Waals surface area (Å²) in [6, 6.07) is 0. The summed E-state index contributed by atoms with van der Waals surface area (Å²) < 4.78 is 0. The Labute approximate surface area is 117 Å². The van der Waals surface area contributed by atoms with Crippen LogP contribution in [0.2, 0.25) is 5.02 Å². The molecule has 1 aromatic rings. The molecule has 106 valence electrons. The third kappa shape index (κ3) is 4.24. The SMILES string of the molecule is CCCCNC(=O)CN(C)C(=O)c1n[nH]c(C)c1Cl. The number of carbonyl (C=O) groups is 2. The van der Waals surface area contributed by atoms with Crippen molar-refractivity contribution in [2.24, 2.45) is 0 Å². The van der Waals surface area contributed by atoms with E-state index in [1.165, 1.54) is 4.90 Å². The molecular formula is C12H19ClN4O2. The van der Waals surface area contributed by atoms with Gasteiger partial charge in [-0.15, -0.1) is 0 Å². The number of hydrogen-bond acceptors (Lipinski definition) is 3. The molecule has 2 amide bonds. The van der Waals surface area contributed by atoms with Gasteiger partial charge in [0.2, 0.25) is 5.91 Å². The molecule has 1 aromatic heterocycles. The fourth-order valence-electron chi connectivity index (χ4n) is 1.49. The molecule has 0 aromatic carbocycles. The molecule has 0 saturated heterocycles. The van der Waals surface area contributed by atoms with Gasteiger partial charge < -0.3 is 10.2 Å². The second kappa shape index (κ2) is 7.13. The summed E-state index contributed by atoms with van der Waals surface area (Å²) in [5.41, 5.74) is 0.772. The number of likely N-dealkylation sites (N-methyl/N-ethyl adjacent to an activating group) is 1. The Balaban J connectivity index is 2.53. The van der Waals surface area contributed by atoms with Gasteiger partial charge in [-0.25, -0.2) is 0 Å². The zero-order valence-corrected chi connectivity index (χ0v) is 12.2. The topological polar surface area (TPSA) is 78.1 Å². The average Bonchev–Trinajstić information content (AvgIpc) is 2.69. The average molecular weight is 287 g/mol. The molecule has 0 aliphatic heterocycles. The van der Waals surface area contributed by atoms with Gasteiger partial charge >= 0.3 is 0 Å². The van der Waals surface area contributed by atoms with Crippen LogP contribution in [0.4, 0.5) is 0 Å². The summed E-state index contributed by atoms with van der Waals surface area (Å²) >= 11 is 5.94. The van der Waals surface area contributed by atoms with E-state index in [-0.39, 0.29) is 24.1 Å². The minimum Gasteiger partial charge on any atom is -0.355 e. The normalized spacial score (nSPS) is 10.3. The highest BCUT2D eigenvalue weighted by molar-refractivity contribution is 6.34. The van der Waals surface area contributed by atoms with E-state index in [0.717, 1.165) is 12.8 Å². The maximum Gasteiger partial charge on any atom is 0.276 e. The molecule has 2 N–H and O–H groups in total. The minimum absolute atomic E-state index is 0.00914. The molecule has 0 spiro atoms. The number of nitrogens with zero attached hydrogens (tertiary/aromatic N) is 2. The quantitative estimate of drug-likeness (QED) is 0.775. The molecule has 1 heterocycles. The second-order valence-electron chi connectivity index (χ2n) is 4.38. The molecule has 6 nitrogen and oxygen atoms in total. The number of nitrogens with one attached hydrogen (secondary N) is 2. The standard InChI is InChI=1S/C12H19ClN4O2/c1-4-5-6-14-9(18)7-17(3)12(19)11-10(13)8(2)15-16-11/h4-7H2,1-3H3,(H,14,18)(H,15,16). The molecule has 0 bridgehead atoms. The first-order chi connectivity index (χ1) is 8.97. The first-order valence-electron chi connectivity index (χ1n) is 6.20. The molecule has 0 unspecified atom stereocenters. The van der Waals surface area contributed by atoms with Crippen LogP contribution in [0, 0.1) is 6.92 Å². The number of carbonyl (C=O) groups excluding carboxylic acids is 2. The lowest BCUT2D eigenvalue weighted by molar-refractivity contribution is -0.121. The van der Waals surface area contributed by atoms with Crippen molar-refractivity contribution in [3.8, 4) is 0 Å². The van der Waals surface area contributed by atoms with Crippen LogP contribution in [0.1, 0.15) is 35.9 Å². The maximum atomic E-state index is 12.0. The fourth-order valence-corrected chi connectivity index (χ4v) is 1.65. The molecule has 0 fully saturated rings. The molecule has 0 aliphatic carbocycles. The Morgan fingerprint density at radius 2 is 2.16 bits per heavy atom. The first-order valence-corrected chi connectivity index (χ1v) is 6.57. The van der Waals surface area contributed by atoms with Crippen molar-refractivity contribution in [1.29, 1.82) is 0 Å². The summed E-state index contributed by atoms with van der Waals surface area (Å²) in [4.78, 5) is 24.9. The zero-order chi connectivity index (χ0) is 14.4. The van der Waals surface area contributed by atoms with Crippen molar-refractivity contribution < 1.29 is 9.59 Å². The first kappa shape index (κ1) is 15.5. The van der Waals surface area contributed by atoms with E-state index in [0.29, 0.717) is 17.3 Å². The number of aryl methyl sites for hydroxylation is 1. The second-order valence-corrected chi connectivity index (χ2v) is 4.75. The van der Waals surface area contributed by atoms with Crippen LogP contribution in [0.3, 0.4) is 0 Å². The van der Waals surface area contributed by atoms with Gasteiger partial charge in [0, 0.05) is 13.6 Å². The van der Waals surface area contributed by atoms with Gasteiger partial charge in [0.05, 0.1) is 17.3 Å². The van der Waals surface area contributed by atoms with Gasteiger partial charge in [-0.1, -0.05) is 24.9 Å². The minimum atomic E-state index is -0.375. The number of rotatable bonds is 6. The fraction of sp³-hybridized carbons (Fsp3) is 0.583. The van der Waals surface area contributed by atoms with Crippen molar-refractivity contribution in [3.05, 3.63) is 16.4 Å². The van der Waals surface area contributed by atoms with Crippen LogP contribution >= 0.6 is 11.6 Å². The van der Waals surface area contributed by atoms with Gasteiger partial charge in [0.15, 0.2) is 5.69 Å². The number of aromatic amines is 1. The predicted molar refractivity (Wildman–Crippen MR) is 73.2 cm³/mol. The summed E-state index contributed by atoms with van der Waals surface area (Å²) in [6.45, 7) is 4.39. The molecule has 1 rings (SSSR count). The largest absolute Gasteiger partial charge is 0.355 e. The van der Waals surface area contributed by atoms with E-state index in [9.17, 15) is 9.59 Å². The van der Waals surface area contributed by atoms with Crippen LogP contribution < -0.4 is 5.32 Å². The van der Waals surface area contributed by atoms with Crippen LogP contribution in [0.15, 0.2) is 0 Å². The highest BCUT2D eigenvalue weighted by Crippen LogP contribution is 2.18. The van der Waals surface area contributed by atoms with Gasteiger partial charge in [-0.3, -0.25) is 14.7 Å². The van der Waals surface area contributed by atoms with Crippen LogP contribution in [0.5, 0.6) is 0 Å². The lowest BCUT2D eigenvalue weighted by atomic mass is 10.3. The lowest BCUT2D eigenvalue weighted by Gasteiger charge is -2.15. The number of H-pyrrole nitrogens is 1. The van der Waals surface area contributed by atoms with E-state index >= 15 is 0 Å². The molecule has 7 heteroatoms. The van der Waals surface area contributed by atoms with Crippen LogP contribution in [0.25, 0.3) is 0 Å². The van der Waals surface area contributed by atoms with Gasteiger partial charge in [-0.05, 0) is 13.3 Å². The van der Waals surface area contributed by atoms with E-state index in [4.69, 9.17) is 11.6 Å². The van der Waals surface area contributed by atoms with E-state index in [2.05, 4.69) is 15.5 Å². The molecule has 19 heavy (non-hydrogen) atoms. The molecular weight excluding hydrogens is 268 g/mol. The Morgan fingerprint density at radius 1 is 1.47 bits per heavy atom. The van der Waals surface area contributed by atoms with Crippen molar-refractivity contribution in [3.63, 3.8) is 0 Å². The van der Waals surface area contributed by atoms with Crippen molar-refractivity contribution >= 4 is 23.4 Å². The predicted octanol–water partition coefficient (Wildman–Crippen LogP) is 1.36. The summed E-state index contributed by atoms with van der Waals surface area (Å²) in [6.07, 6.45) is 1.94. The number of amides is 2. The number of aromatic nitrogens is 2. The third-order valence-electron chi connectivity index (χ3n) is 2.66. The Hall–Kier alpha value is -1.56. The smallest absolute Gasteiger partial charge is 0.276 e. The monoisotopic (exact) mass is 286 g/mol. The van der Waals surface area contributed by atoms with E-state index < -0.39 is 0 Å². The third-order valence-corrected chi connectivity index (χ3v) is 3.12. The van der Waals surface area contributed by atoms with Crippen molar-refractivity contribution in [2.45, 2.75) is 26.7 Å². The highest BCUT2D eigenvalue weighted by atomic mass is 35.5. The number of unbranched alkanes of at least 4 members (excludes halogenated alkanes) is 1. The zero-order valence-electron chi connectivity index (χ0n) is 11.4. The highest BCUT2D eigenvalue weighted by Gasteiger charge is 2.21. The summed E-state index contributed by atoms with van der Waals surface area (Å²) in [7, 11) is 1.54. The van der Waals surface area contributed by atoms with E-state index in [1.807, 2.05) is 6.92 Å². The molecule has 0 radical (unpaired) electrons. The lowest BCUT2D eigenvalue weighted by Crippen LogP contribution is -2.38. The maximum absolute atomic E-state index is 12.0. The molecule has 0 atom stereocenters. The summed E-state index contributed by atoms with van der Waals surface area (Å²) in [5, 5.41) is 9.52. The number of halogens is 1. The van der Waals surface area contributed by atoms with Gasteiger partial charge in [-0.2, -0.15) is 5.10 Å². The number of hydrogen-bond donors (Lipinski definition) is 2.